The van der Waals surface area contributed by atoms with Gasteiger partial charge < -0.3 is 4.74 Å². The zero-order valence-electron chi connectivity index (χ0n) is 17.0. The smallest absolute Gasteiger partial charge is 0.406 e. The fraction of sp³-hybridized carbons (Fsp3) is 0.208. The van der Waals surface area contributed by atoms with Crippen molar-refractivity contribution in [1.29, 1.82) is 0 Å². The highest BCUT2D eigenvalue weighted by molar-refractivity contribution is 6.08. The quantitative estimate of drug-likeness (QED) is 0.474. The average Bonchev–Trinajstić information content (AvgIpc) is 2.93. The normalized spacial score (nSPS) is 18.4. The third-order valence-corrected chi connectivity index (χ3v) is 5.36. The van der Waals surface area contributed by atoms with Crippen molar-refractivity contribution < 1.29 is 22.7 Å². The second kappa shape index (κ2) is 7.65. The summed E-state index contributed by atoms with van der Waals surface area (Å²) in [6, 6.07) is 23.3. The molecule has 1 aliphatic rings. The van der Waals surface area contributed by atoms with Crippen molar-refractivity contribution >= 4 is 17.4 Å². The van der Waals surface area contributed by atoms with Crippen LogP contribution in [0.2, 0.25) is 0 Å². The topological polar surface area (TPSA) is 32.8 Å². The van der Waals surface area contributed by atoms with Crippen LogP contribution in [0.1, 0.15) is 25.5 Å². The maximum atomic E-state index is 13.7. The van der Waals surface area contributed by atoms with Gasteiger partial charge in [0, 0.05) is 11.4 Å². The second-order valence-corrected chi connectivity index (χ2v) is 7.84. The van der Waals surface area contributed by atoms with Crippen molar-refractivity contribution in [3.8, 4) is 5.75 Å². The van der Waals surface area contributed by atoms with E-state index in [0.717, 1.165) is 0 Å². The molecule has 0 radical (unpaired) electrons. The summed E-state index contributed by atoms with van der Waals surface area (Å²) in [6.07, 6.45) is -4.80. The minimum absolute atomic E-state index is 0.255. The van der Waals surface area contributed by atoms with Crippen molar-refractivity contribution in [3.05, 3.63) is 90.5 Å². The van der Waals surface area contributed by atoms with Crippen LogP contribution >= 0.6 is 0 Å². The number of nitrogens with zero attached hydrogens (tertiary/aromatic N) is 2. The molecular formula is C24H21F3N2O2. The van der Waals surface area contributed by atoms with Gasteiger partial charge in [-0.25, -0.2) is 4.79 Å². The minimum atomic E-state index is -4.80. The SMILES string of the molecule is CC1(C)C(c2cccc(OC(F)(F)F)c2)N(c2ccccc2)C(=O)N1c1ccccc1. The Morgan fingerprint density at radius 1 is 0.839 bits per heavy atom. The number of hydrogen-bond donors (Lipinski definition) is 0. The van der Waals surface area contributed by atoms with Gasteiger partial charge in [-0.1, -0.05) is 48.5 Å². The molecule has 1 aliphatic heterocycles. The predicted octanol–water partition coefficient (Wildman–Crippen LogP) is 6.55. The molecule has 7 heteroatoms. The van der Waals surface area contributed by atoms with Crippen LogP contribution in [0.15, 0.2) is 84.9 Å². The molecule has 4 rings (SSSR count). The lowest BCUT2D eigenvalue weighted by Gasteiger charge is -2.35. The number of halogens is 3. The first-order valence-electron chi connectivity index (χ1n) is 9.78. The Balaban J connectivity index is 1.85. The van der Waals surface area contributed by atoms with Crippen LogP contribution in [0.5, 0.6) is 5.75 Å². The van der Waals surface area contributed by atoms with Crippen molar-refractivity contribution in [2.75, 3.05) is 9.80 Å². The van der Waals surface area contributed by atoms with Crippen LogP contribution in [-0.2, 0) is 0 Å². The predicted molar refractivity (Wildman–Crippen MR) is 113 cm³/mol. The van der Waals surface area contributed by atoms with Crippen molar-refractivity contribution in [3.63, 3.8) is 0 Å². The number of para-hydroxylation sites is 2. The van der Waals surface area contributed by atoms with Crippen LogP contribution in [0, 0.1) is 0 Å². The van der Waals surface area contributed by atoms with Crippen LogP contribution in [0.25, 0.3) is 0 Å². The lowest BCUT2D eigenvalue weighted by molar-refractivity contribution is -0.274. The van der Waals surface area contributed by atoms with Gasteiger partial charge in [0.25, 0.3) is 0 Å². The molecule has 0 aromatic heterocycles. The van der Waals surface area contributed by atoms with Gasteiger partial charge in [0.1, 0.15) is 5.75 Å². The van der Waals surface area contributed by atoms with E-state index in [1.807, 2.05) is 74.5 Å². The summed E-state index contributed by atoms with van der Waals surface area (Å²) in [7, 11) is 0. The number of ether oxygens (including phenoxy) is 1. The Morgan fingerprint density at radius 3 is 2.00 bits per heavy atom. The number of carbonyl (C=O) groups excluding carboxylic acids is 1. The van der Waals surface area contributed by atoms with E-state index in [4.69, 9.17) is 0 Å². The number of urea groups is 1. The first-order chi connectivity index (χ1) is 14.7. The maximum absolute atomic E-state index is 13.7. The van der Waals surface area contributed by atoms with Gasteiger partial charge in [0.15, 0.2) is 0 Å². The minimum Gasteiger partial charge on any atom is -0.406 e. The van der Waals surface area contributed by atoms with E-state index in [-0.39, 0.29) is 11.8 Å². The largest absolute Gasteiger partial charge is 0.573 e. The number of hydrogen-bond acceptors (Lipinski definition) is 2. The van der Waals surface area contributed by atoms with Crippen LogP contribution in [-0.4, -0.2) is 17.9 Å². The molecule has 160 valence electrons. The Kier molecular flexibility index (Phi) is 5.13. The third kappa shape index (κ3) is 3.95. The zero-order chi connectivity index (χ0) is 22.2. The van der Waals surface area contributed by atoms with E-state index in [9.17, 15) is 18.0 Å². The fourth-order valence-corrected chi connectivity index (χ4v) is 4.21. The molecule has 0 N–H and O–H groups in total. The standard InChI is InChI=1S/C24H21F3N2O2/c1-23(2)21(17-10-9-15-20(16-17)31-24(25,26)27)28(18-11-5-3-6-12-18)22(30)29(23)19-13-7-4-8-14-19/h3-16,21H,1-2H3. The van der Waals surface area contributed by atoms with Gasteiger partial charge in [0.2, 0.25) is 0 Å². The molecule has 2 amide bonds. The Bertz CT molecular complexity index is 1070. The summed E-state index contributed by atoms with van der Waals surface area (Å²) >= 11 is 0. The Hall–Kier alpha value is -3.48. The maximum Gasteiger partial charge on any atom is 0.573 e. The molecule has 1 saturated heterocycles. The lowest BCUT2D eigenvalue weighted by Crippen LogP contribution is -2.43. The summed E-state index contributed by atoms with van der Waals surface area (Å²) in [5.74, 6) is -0.320. The Labute approximate surface area is 178 Å². The van der Waals surface area contributed by atoms with Gasteiger partial charge in [-0.3, -0.25) is 9.80 Å². The molecule has 1 fully saturated rings. The molecule has 1 unspecified atom stereocenters. The van der Waals surface area contributed by atoms with E-state index in [2.05, 4.69) is 4.74 Å². The molecule has 0 aliphatic carbocycles. The highest BCUT2D eigenvalue weighted by atomic mass is 19.4. The molecule has 1 atom stereocenters. The van der Waals surface area contributed by atoms with E-state index < -0.39 is 17.9 Å². The number of amides is 2. The molecule has 4 nitrogen and oxygen atoms in total. The number of anilines is 2. The first-order valence-corrected chi connectivity index (χ1v) is 9.78. The summed E-state index contributed by atoms with van der Waals surface area (Å²) in [5.41, 5.74) is 1.14. The highest BCUT2D eigenvalue weighted by Crippen LogP contribution is 2.48. The molecule has 3 aromatic carbocycles. The third-order valence-electron chi connectivity index (χ3n) is 5.36. The fourth-order valence-electron chi connectivity index (χ4n) is 4.21. The van der Waals surface area contributed by atoms with Crippen LogP contribution in [0.3, 0.4) is 0 Å². The average molecular weight is 426 g/mol. The van der Waals surface area contributed by atoms with Crippen molar-refractivity contribution in [2.45, 2.75) is 31.8 Å². The zero-order valence-corrected chi connectivity index (χ0v) is 17.0. The van der Waals surface area contributed by atoms with Crippen molar-refractivity contribution in [1.82, 2.24) is 0 Å². The number of carbonyl (C=O) groups is 1. The number of rotatable bonds is 4. The van der Waals surface area contributed by atoms with E-state index in [1.54, 1.807) is 15.9 Å². The number of benzene rings is 3. The summed E-state index contributed by atoms with van der Waals surface area (Å²) < 4.78 is 42.5. The first kappa shape index (κ1) is 20.8. The summed E-state index contributed by atoms with van der Waals surface area (Å²) in [5, 5.41) is 0. The van der Waals surface area contributed by atoms with Crippen LogP contribution < -0.4 is 14.5 Å². The summed E-state index contributed by atoms with van der Waals surface area (Å²) in [4.78, 5) is 17.0. The van der Waals surface area contributed by atoms with Gasteiger partial charge in [0.05, 0.1) is 11.6 Å². The monoisotopic (exact) mass is 426 g/mol. The van der Waals surface area contributed by atoms with Gasteiger partial charge in [-0.15, -0.1) is 13.2 Å². The molecular weight excluding hydrogens is 405 g/mol. The second-order valence-electron chi connectivity index (χ2n) is 7.84. The van der Waals surface area contributed by atoms with E-state index >= 15 is 0 Å². The van der Waals surface area contributed by atoms with Crippen molar-refractivity contribution in [2.24, 2.45) is 0 Å². The highest BCUT2D eigenvalue weighted by Gasteiger charge is 2.53. The molecule has 1 heterocycles. The van der Waals surface area contributed by atoms with Crippen LogP contribution in [0.4, 0.5) is 29.3 Å². The summed E-state index contributed by atoms with van der Waals surface area (Å²) in [6.45, 7) is 3.81. The molecule has 0 saturated carbocycles. The van der Waals surface area contributed by atoms with Gasteiger partial charge in [-0.2, -0.15) is 0 Å². The number of alkyl halides is 3. The molecule has 0 bridgehead atoms. The molecule has 31 heavy (non-hydrogen) atoms. The molecule has 3 aromatic rings. The van der Waals surface area contributed by atoms with E-state index in [0.29, 0.717) is 16.9 Å². The lowest BCUT2D eigenvalue weighted by atomic mass is 9.87. The van der Waals surface area contributed by atoms with E-state index in [1.165, 1.54) is 18.2 Å². The van der Waals surface area contributed by atoms with Gasteiger partial charge >= 0.3 is 12.4 Å². The van der Waals surface area contributed by atoms with Gasteiger partial charge in [-0.05, 0) is 55.8 Å². The molecule has 0 spiro atoms. The Morgan fingerprint density at radius 2 is 1.42 bits per heavy atom.